The van der Waals surface area contributed by atoms with Crippen LogP contribution in [0.25, 0.3) is 0 Å². The molecule has 0 aromatic carbocycles. The summed E-state index contributed by atoms with van der Waals surface area (Å²) in [5.41, 5.74) is -0.597. The van der Waals surface area contributed by atoms with E-state index in [2.05, 4.69) is 4.98 Å². The molecule has 1 fully saturated rings. The molecular weight excluding hydrogens is 256 g/mol. The lowest BCUT2D eigenvalue weighted by Crippen LogP contribution is -2.45. The van der Waals surface area contributed by atoms with Crippen molar-refractivity contribution in [2.75, 3.05) is 6.61 Å². The van der Waals surface area contributed by atoms with Crippen LogP contribution in [0.3, 0.4) is 0 Å². The average molecular weight is 272 g/mol. The Labute approximate surface area is 105 Å². The number of nitrogens with zero attached hydrogens (tertiary/aromatic N) is 1. The Hall–Kier alpha value is -1.22. The van der Waals surface area contributed by atoms with Crippen LogP contribution in [0.4, 0.5) is 0 Å². The number of aromatic amines is 1. The first-order valence-electron chi connectivity index (χ1n) is 5.67. The molecule has 3 N–H and O–H groups in total. The Morgan fingerprint density at radius 1 is 1.67 bits per heavy atom. The summed E-state index contributed by atoms with van der Waals surface area (Å²) in [5.74, 6) is 0. The summed E-state index contributed by atoms with van der Waals surface area (Å²) in [6, 6.07) is 0. The maximum Gasteiger partial charge on any atom is 0.330 e. The first kappa shape index (κ1) is 13.2. The molecule has 0 saturated carbocycles. The summed E-state index contributed by atoms with van der Waals surface area (Å²) in [5, 5.41) is 17.9. The van der Waals surface area contributed by atoms with Gasteiger partial charge in [-0.2, -0.15) is 0 Å². The number of rotatable bonds is 2. The fraction of sp³-hybridized carbons (Fsp3) is 0.600. The number of aromatic nitrogens is 2. The molecule has 2 heterocycles. The van der Waals surface area contributed by atoms with Gasteiger partial charge in [0, 0.05) is 18.2 Å². The third kappa shape index (κ3) is 2.07. The van der Waals surface area contributed by atoms with Crippen molar-refractivity contribution in [2.45, 2.75) is 30.9 Å². The lowest BCUT2D eigenvalue weighted by Gasteiger charge is -2.27. The fourth-order valence-electron chi connectivity index (χ4n) is 2.20. The van der Waals surface area contributed by atoms with Gasteiger partial charge < -0.3 is 14.9 Å². The molecule has 0 spiro atoms. The minimum atomic E-state index is -0.932. The minimum absolute atomic E-state index is 0.232. The van der Waals surface area contributed by atoms with Gasteiger partial charge in [0.15, 0.2) is 0 Å². The van der Waals surface area contributed by atoms with Crippen molar-refractivity contribution in [1.29, 1.82) is 0 Å². The Morgan fingerprint density at radius 2 is 2.33 bits per heavy atom. The molecule has 1 aliphatic heterocycles. The van der Waals surface area contributed by atoms with Gasteiger partial charge in [-0.25, -0.2) is 4.79 Å². The first-order valence-corrected chi connectivity index (χ1v) is 6.67. The molecule has 0 radical (unpaired) electrons. The van der Waals surface area contributed by atoms with E-state index < -0.39 is 28.8 Å². The van der Waals surface area contributed by atoms with E-state index in [0.29, 0.717) is 15.8 Å². The van der Waals surface area contributed by atoms with Crippen LogP contribution in [0.1, 0.15) is 12.0 Å². The van der Waals surface area contributed by atoms with Gasteiger partial charge in [-0.1, -0.05) is 0 Å². The van der Waals surface area contributed by atoms with Gasteiger partial charge >= 0.3 is 5.69 Å². The number of ether oxygens (including phenoxy) is 1. The zero-order valence-electron chi connectivity index (χ0n) is 10.2. The largest absolute Gasteiger partial charge is 0.394 e. The third-order valence-corrected chi connectivity index (χ3v) is 4.36. The summed E-state index contributed by atoms with van der Waals surface area (Å²) < 4.78 is 6.88. The number of nitrogens with one attached hydrogen (secondary N) is 1. The number of aryl methyl sites for hydroxylation is 1. The quantitative estimate of drug-likeness (QED) is 0.497. The first-order chi connectivity index (χ1) is 8.37. The second kappa shape index (κ2) is 4.46. The van der Waals surface area contributed by atoms with Crippen LogP contribution >= 0.6 is 0 Å². The average Bonchev–Trinajstić information content (AvgIpc) is 2.59. The minimum Gasteiger partial charge on any atom is -0.394 e. The number of H-pyrrole nitrogens is 1. The van der Waals surface area contributed by atoms with Crippen LogP contribution < -0.4 is 11.2 Å². The Kier molecular flexibility index (Phi) is 3.28. The summed E-state index contributed by atoms with van der Waals surface area (Å²) in [6.07, 6.45) is 0.157. The summed E-state index contributed by atoms with van der Waals surface area (Å²) in [7, 11) is 0.443. The highest BCUT2D eigenvalue weighted by atomic mass is 28.1. The molecule has 7 nitrogen and oxygen atoms in total. The fourth-order valence-corrected chi connectivity index (χ4v) is 3.26. The van der Waals surface area contributed by atoms with Crippen LogP contribution in [0.5, 0.6) is 0 Å². The highest BCUT2D eigenvalue weighted by molar-refractivity contribution is 6.12. The molecule has 1 aromatic heterocycles. The van der Waals surface area contributed by atoms with Crippen molar-refractivity contribution in [3.8, 4) is 0 Å². The van der Waals surface area contributed by atoms with E-state index in [4.69, 9.17) is 9.84 Å². The molecule has 18 heavy (non-hydrogen) atoms. The predicted octanol–water partition coefficient (Wildman–Crippen LogP) is -3.04. The van der Waals surface area contributed by atoms with E-state index in [1.807, 2.05) is 0 Å². The second-order valence-corrected chi connectivity index (χ2v) is 6.29. The molecule has 1 aromatic rings. The molecule has 2 rings (SSSR count). The molecule has 1 saturated heterocycles. The van der Waals surface area contributed by atoms with Crippen molar-refractivity contribution in [2.24, 2.45) is 0 Å². The SMILES string of the molecule is Cc1cn([C@@]2([SiH3])C[C@H](O)[C@@H](CO)O2)c(=O)[nH]c1=O. The summed E-state index contributed by atoms with van der Waals surface area (Å²) in [4.78, 5) is 25.3. The molecule has 8 heteroatoms. The third-order valence-electron chi connectivity index (χ3n) is 3.23. The van der Waals surface area contributed by atoms with Crippen molar-refractivity contribution < 1.29 is 14.9 Å². The van der Waals surface area contributed by atoms with E-state index in [1.54, 1.807) is 6.92 Å². The summed E-state index contributed by atoms with van der Waals surface area (Å²) in [6.45, 7) is 1.29. The van der Waals surface area contributed by atoms with E-state index in [-0.39, 0.29) is 13.0 Å². The van der Waals surface area contributed by atoms with E-state index in [0.717, 1.165) is 0 Å². The summed E-state index contributed by atoms with van der Waals surface area (Å²) >= 11 is 0. The smallest absolute Gasteiger partial charge is 0.330 e. The molecule has 1 aliphatic rings. The van der Waals surface area contributed by atoms with Gasteiger partial charge in [0.25, 0.3) is 5.56 Å². The number of aliphatic hydroxyl groups is 2. The van der Waals surface area contributed by atoms with Crippen LogP contribution in [-0.4, -0.2) is 48.8 Å². The molecule has 0 aliphatic carbocycles. The normalized spacial score (nSPS) is 31.9. The van der Waals surface area contributed by atoms with Crippen LogP contribution in [0.2, 0.25) is 0 Å². The molecular formula is C10H16N2O5Si. The topological polar surface area (TPSA) is 105 Å². The maximum absolute atomic E-state index is 11.8. The van der Waals surface area contributed by atoms with E-state index >= 15 is 0 Å². The van der Waals surface area contributed by atoms with Gasteiger partial charge in [0.05, 0.1) is 23.0 Å². The van der Waals surface area contributed by atoms with Crippen molar-refractivity contribution in [1.82, 2.24) is 9.55 Å². The second-order valence-electron chi connectivity index (χ2n) is 4.73. The number of aliphatic hydroxyl groups excluding tert-OH is 2. The van der Waals surface area contributed by atoms with Gasteiger partial charge in [0.2, 0.25) is 0 Å². The zero-order chi connectivity index (χ0) is 13.5. The zero-order valence-corrected chi connectivity index (χ0v) is 12.2. The van der Waals surface area contributed by atoms with Gasteiger partial charge in [-0.05, 0) is 6.92 Å². The highest BCUT2D eigenvalue weighted by Gasteiger charge is 2.44. The Morgan fingerprint density at radius 3 is 2.89 bits per heavy atom. The monoisotopic (exact) mass is 272 g/mol. The molecule has 0 unspecified atom stereocenters. The van der Waals surface area contributed by atoms with Crippen molar-refractivity contribution in [3.63, 3.8) is 0 Å². The Balaban J connectivity index is 2.47. The van der Waals surface area contributed by atoms with E-state index in [9.17, 15) is 14.7 Å². The van der Waals surface area contributed by atoms with E-state index in [1.165, 1.54) is 10.8 Å². The molecule has 0 amide bonds. The van der Waals surface area contributed by atoms with Gasteiger partial charge in [-0.3, -0.25) is 14.3 Å². The lowest BCUT2D eigenvalue weighted by atomic mass is 10.2. The van der Waals surface area contributed by atoms with Crippen LogP contribution in [-0.2, 0) is 10.1 Å². The standard InChI is InChI=1S/C10H16N2O5Si/c1-5-3-12(9(16)11-8(5)15)10(18)2-6(14)7(4-13)17-10/h3,6-7,13-14H,2,4H2,1,18H3,(H,11,15,16)/t6-,7+,10-/m0/s1. The van der Waals surface area contributed by atoms with Crippen LogP contribution in [0, 0.1) is 6.92 Å². The van der Waals surface area contributed by atoms with Crippen LogP contribution in [0.15, 0.2) is 15.8 Å². The van der Waals surface area contributed by atoms with Gasteiger partial charge in [0.1, 0.15) is 11.5 Å². The lowest BCUT2D eigenvalue weighted by molar-refractivity contribution is -0.0697. The van der Waals surface area contributed by atoms with Crippen molar-refractivity contribution >= 4 is 10.2 Å². The number of hydrogen-bond donors (Lipinski definition) is 3. The molecule has 3 atom stereocenters. The van der Waals surface area contributed by atoms with Crippen molar-refractivity contribution in [3.05, 3.63) is 32.6 Å². The van der Waals surface area contributed by atoms with Gasteiger partial charge in [-0.15, -0.1) is 0 Å². The number of hydrogen-bond acceptors (Lipinski definition) is 5. The molecule has 100 valence electrons. The highest BCUT2D eigenvalue weighted by Crippen LogP contribution is 2.31. The maximum atomic E-state index is 11.8. The predicted molar refractivity (Wildman–Crippen MR) is 66.6 cm³/mol. The Bertz CT molecular complexity index is 568. The molecule has 0 bridgehead atoms.